The number of phenolic OH excluding ortho intramolecular Hbond substituents is 1. The summed E-state index contributed by atoms with van der Waals surface area (Å²) in [6, 6.07) is 30.8. The highest BCUT2D eigenvalue weighted by Crippen LogP contribution is 2.31. The summed E-state index contributed by atoms with van der Waals surface area (Å²) >= 11 is 3.34. The second kappa shape index (κ2) is 9.53. The van der Waals surface area contributed by atoms with Gasteiger partial charge in [-0.2, -0.15) is 4.31 Å². The molecular weight excluding hydrogens is 498 g/mol. The van der Waals surface area contributed by atoms with Gasteiger partial charge in [0.15, 0.2) is 0 Å². The standard InChI is InChI=1S/C27H20BrNO3S/c1-20-10-14-23(15-11-20)29(33(31,32)24-16-12-22(28)13-17-24)19-18-21-6-2-3-7-25(21)26-8-4-5-9-27(26)30/h2-17,30H,1H3. The normalized spacial score (nSPS) is 10.8. The SMILES string of the molecule is Cc1ccc(N(C#Cc2ccccc2-c2ccccc2O)S(=O)(=O)c2ccc(Br)cc2)cc1. The third-order valence-electron chi connectivity index (χ3n) is 5.03. The molecule has 0 saturated carbocycles. The van der Waals surface area contributed by atoms with E-state index in [1.807, 2.05) is 43.3 Å². The molecule has 0 bridgehead atoms. The minimum absolute atomic E-state index is 0.129. The van der Waals surface area contributed by atoms with Crippen LogP contribution in [0.4, 0.5) is 5.69 Å². The van der Waals surface area contributed by atoms with E-state index in [9.17, 15) is 13.5 Å². The average Bonchev–Trinajstić information content (AvgIpc) is 2.81. The quantitative estimate of drug-likeness (QED) is 0.254. The summed E-state index contributed by atoms with van der Waals surface area (Å²) < 4.78 is 28.9. The minimum atomic E-state index is -3.95. The molecule has 0 heterocycles. The third-order valence-corrected chi connectivity index (χ3v) is 7.21. The first kappa shape index (κ1) is 22.7. The van der Waals surface area contributed by atoms with Gasteiger partial charge < -0.3 is 5.11 Å². The number of sulfonamides is 1. The summed E-state index contributed by atoms with van der Waals surface area (Å²) in [5.41, 5.74) is 3.39. The smallest absolute Gasteiger partial charge is 0.275 e. The first-order valence-corrected chi connectivity index (χ1v) is 12.4. The highest BCUT2D eigenvalue weighted by Gasteiger charge is 2.24. The van der Waals surface area contributed by atoms with Gasteiger partial charge in [0.2, 0.25) is 0 Å². The van der Waals surface area contributed by atoms with Crippen LogP contribution in [0.3, 0.4) is 0 Å². The van der Waals surface area contributed by atoms with Gasteiger partial charge in [0.1, 0.15) is 5.75 Å². The highest BCUT2D eigenvalue weighted by atomic mass is 79.9. The Morgan fingerprint density at radius 1 is 0.788 bits per heavy atom. The van der Waals surface area contributed by atoms with Crippen molar-refractivity contribution >= 4 is 31.6 Å². The molecule has 0 saturated heterocycles. The van der Waals surface area contributed by atoms with Crippen molar-refractivity contribution in [1.29, 1.82) is 0 Å². The lowest BCUT2D eigenvalue weighted by Crippen LogP contribution is -2.26. The predicted molar refractivity (Wildman–Crippen MR) is 135 cm³/mol. The lowest BCUT2D eigenvalue weighted by molar-refractivity contribution is 0.477. The van der Waals surface area contributed by atoms with Gasteiger partial charge in [0.05, 0.1) is 10.6 Å². The van der Waals surface area contributed by atoms with Crippen LogP contribution < -0.4 is 4.31 Å². The topological polar surface area (TPSA) is 57.6 Å². The zero-order valence-corrected chi connectivity index (χ0v) is 20.1. The molecule has 4 nitrogen and oxygen atoms in total. The van der Waals surface area contributed by atoms with E-state index in [4.69, 9.17) is 0 Å². The number of hydrogen-bond donors (Lipinski definition) is 1. The molecule has 0 fully saturated rings. The van der Waals surface area contributed by atoms with E-state index < -0.39 is 10.0 Å². The summed E-state index contributed by atoms with van der Waals surface area (Å²) in [7, 11) is -3.95. The number of benzene rings is 4. The molecule has 0 radical (unpaired) electrons. The number of nitrogens with zero attached hydrogens (tertiary/aromatic N) is 1. The highest BCUT2D eigenvalue weighted by molar-refractivity contribution is 9.10. The molecule has 0 aliphatic rings. The van der Waals surface area contributed by atoms with Crippen LogP contribution in [0.25, 0.3) is 11.1 Å². The van der Waals surface area contributed by atoms with Gasteiger partial charge >= 0.3 is 0 Å². The minimum Gasteiger partial charge on any atom is -0.507 e. The van der Waals surface area contributed by atoms with Gasteiger partial charge in [-0.3, -0.25) is 0 Å². The summed E-state index contributed by atoms with van der Waals surface area (Å²) in [4.78, 5) is 0.134. The molecule has 0 spiro atoms. The molecule has 33 heavy (non-hydrogen) atoms. The van der Waals surface area contributed by atoms with Crippen LogP contribution >= 0.6 is 15.9 Å². The van der Waals surface area contributed by atoms with Gasteiger partial charge in [0.25, 0.3) is 10.0 Å². The van der Waals surface area contributed by atoms with E-state index in [2.05, 4.69) is 27.9 Å². The number of halogens is 1. The second-order valence-electron chi connectivity index (χ2n) is 7.36. The Kier molecular flexibility index (Phi) is 6.55. The number of hydrogen-bond acceptors (Lipinski definition) is 3. The zero-order chi connectivity index (χ0) is 23.4. The molecule has 6 heteroatoms. The maximum absolute atomic E-state index is 13.5. The Bertz CT molecular complexity index is 1450. The average molecular weight is 518 g/mol. The van der Waals surface area contributed by atoms with Gasteiger partial charge in [-0.15, -0.1) is 0 Å². The monoisotopic (exact) mass is 517 g/mol. The first-order chi connectivity index (χ1) is 15.9. The van der Waals surface area contributed by atoms with Crippen molar-refractivity contribution in [2.24, 2.45) is 0 Å². The van der Waals surface area contributed by atoms with Crippen molar-refractivity contribution in [3.8, 4) is 28.8 Å². The lowest BCUT2D eigenvalue weighted by Gasteiger charge is -2.18. The molecule has 0 aromatic heterocycles. The summed E-state index contributed by atoms with van der Waals surface area (Å²) in [6.07, 6.45) is 0. The van der Waals surface area contributed by atoms with Crippen LogP contribution in [-0.4, -0.2) is 13.5 Å². The van der Waals surface area contributed by atoms with Crippen LogP contribution in [0.1, 0.15) is 11.1 Å². The Labute approximate surface area is 202 Å². The molecule has 0 unspecified atom stereocenters. The van der Waals surface area contributed by atoms with Gasteiger partial charge in [0, 0.05) is 27.2 Å². The fourth-order valence-electron chi connectivity index (χ4n) is 3.29. The molecular formula is C27H20BrNO3S. The van der Waals surface area contributed by atoms with Crippen LogP contribution in [0, 0.1) is 18.9 Å². The summed E-state index contributed by atoms with van der Waals surface area (Å²) in [6.45, 7) is 1.94. The van der Waals surface area contributed by atoms with E-state index in [-0.39, 0.29) is 10.6 Å². The van der Waals surface area contributed by atoms with Crippen LogP contribution in [-0.2, 0) is 10.0 Å². The number of anilines is 1. The number of phenols is 1. The summed E-state index contributed by atoms with van der Waals surface area (Å²) in [5.74, 6) is 3.15. The molecule has 0 aliphatic carbocycles. The Hall–Kier alpha value is -3.53. The molecule has 0 aliphatic heterocycles. The van der Waals surface area contributed by atoms with Crippen molar-refractivity contribution in [2.45, 2.75) is 11.8 Å². The molecule has 0 amide bonds. The Morgan fingerprint density at radius 3 is 2.06 bits per heavy atom. The van der Waals surface area contributed by atoms with E-state index in [0.717, 1.165) is 14.3 Å². The maximum atomic E-state index is 13.5. The van der Waals surface area contributed by atoms with Crippen molar-refractivity contribution in [3.05, 3.63) is 113 Å². The van der Waals surface area contributed by atoms with E-state index in [0.29, 0.717) is 22.4 Å². The number of para-hydroxylation sites is 1. The molecule has 4 aromatic rings. The van der Waals surface area contributed by atoms with Crippen LogP contribution in [0.2, 0.25) is 0 Å². The second-order valence-corrected chi connectivity index (χ2v) is 10.1. The fraction of sp³-hybridized carbons (Fsp3) is 0.0370. The number of aromatic hydroxyl groups is 1. The third kappa shape index (κ3) is 4.95. The van der Waals surface area contributed by atoms with Gasteiger partial charge in [-0.05, 0) is 61.4 Å². The van der Waals surface area contributed by atoms with Crippen molar-refractivity contribution in [2.75, 3.05) is 4.31 Å². The van der Waals surface area contributed by atoms with Crippen LogP contribution in [0.5, 0.6) is 5.75 Å². The van der Waals surface area contributed by atoms with E-state index in [1.165, 1.54) is 12.1 Å². The van der Waals surface area contributed by atoms with E-state index in [1.54, 1.807) is 48.5 Å². The van der Waals surface area contributed by atoms with Gasteiger partial charge in [-0.25, -0.2) is 8.42 Å². The van der Waals surface area contributed by atoms with Gasteiger partial charge in [-0.1, -0.05) is 70.0 Å². The molecule has 164 valence electrons. The molecule has 4 aromatic carbocycles. The largest absolute Gasteiger partial charge is 0.507 e. The Morgan fingerprint density at radius 2 is 1.39 bits per heavy atom. The molecule has 4 rings (SSSR count). The summed E-state index contributed by atoms with van der Waals surface area (Å²) in [5, 5.41) is 10.3. The zero-order valence-electron chi connectivity index (χ0n) is 17.7. The van der Waals surface area contributed by atoms with Crippen molar-refractivity contribution < 1.29 is 13.5 Å². The number of rotatable bonds is 4. The lowest BCUT2D eigenvalue weighted by atomic mass is 9.99. The van der Waals surface area contributed by atoms with Crippen LogP contribution in [0.15, 0.2) is 106 Å². The predicted octanol–water partition coefficient (Wildman–Crippen LogP) is 6.33. The maximum Gasteiger partial charge on any atom is 0.275 e. The van der Waals surface area contributed by atoms with Crippen molar-refractivity contribution in [1.82, 2.24) is 0 Å². The number of aryl methyl sites for hydroxylation is 1. The Balaban J connectivity index is 1.85. The first-order valence-electron chi connectivity index (χ1n) is 10.1. The molecule has 1 N–H and O–H groups in total. The van der Waals surface area contributed by atoms with Crippen molar-refractivity contribution in [3.63, 3.8) is 0 Å². The fourth-order valence-corrected chi connectivity index (χ4v) is 4.82. The molecule has 0 atom stereocenters. The van der Waals surface area contributed by atoms with E-state index >= 15 is 0 Å².